The molecule has 0 radical (unpaired) electrons. The van der Waals surface area contributed by atoms with E-state index >= 15 is 0 Å². The fourth-order valence-electron chi connectivity index (χ4n) is 4.51. The van der Waals surface area contributed by atoms with Gasteiger partial charge in [0.2, 0.25) is 5.91 Å². The van der Waals surface area contributed by atoms with Gasteiger partial charge in [-0.3, -0.25) is 19.6 Å². The van der Waals surface area contributed by atoms with Crippen LogP contribution in [0.3, 0.4) is 0 Å². The van der Waals surface area contributed by atoms with Crippen LogP contribution >= 0.6 is 23.2 Å². The third kappa shape index (κ3) is 3.97. The van der Waals surface area contributed by atoms with Gasteiger partial charge < -0.3 is 10.2 Å². The molecule has 2 atom stereocenters. The number of hydrogen-bond donors (Lipinski definition) is 2. The van der Waals surface area contributed by atoms with Crippen LogP contribution in [0.5, 0.6) is 0 Å². The van der Waals surface area contributed by atoms with Gasteiger partial charge in [-0.1, -0.05) is 23.2 Å². The van der Waals surface area contributed by atoms with E-state index in [1.54, 1.807) is 16.0 Å². The minimum Gasteiger partial charge on any atom is -0.374 e. The van der Waals surface area contributed by atoms with E-state index in [9.17, 15) is 14.0 Å². The molecule has 2 fully saturated rings. The molecule has 2 aromatic heterocycles. The smallest absolute Gasteiger partial charge is 0.250 e. The molecular formula is C21H20Cl2FN7O2. The Kier molecular flexibility index (Phi) is 5.79. The van der Waals surface area contributed by atoms with Gasteiger partial charge in [0, 0.05) is 18.8 Å². The molecule has 33 heavy (non-hydrogen) atoms. The predicted octanol–water partition coefficient (Wildman–Crippen LogP) is 3.40. The molecule has 12 heteroatoms. The molecule has 4 heterocycles. The number of halogens is 3. The molecular weight excluding hydrogens is 472 g/mol. The van der Waals surface area contributed by atoms with Crippen molar-refractivity contribution in [3.63, 3.8) is 0 Å². The maximum absolute atomic E-state index is 13.7. The molecule has 9 nitrogen and oxygen atoms in total. The van der Waals surface area contributed by atoms with E-state index in [1.165, 1.54) is 18.5 Å². The second kappa shape index (κ2) is 8.75. The van der Waals surface area contributed by atoms with Crippen LogP contribution in [0.2, 0.25) is 10.0 Å². The number of nitrogens with one attached hydrogen (secondary N) is 2. The number of carbonyl (C=O) groups excluding carboxylic acids is 2. The molecule has 1 unspecified atom stereocenters. The van der Waals surface area contributed by atoms with Crippen LogP contribution in [-0.4, -0.2) is 62.1 Å². The minimum absolute atomic E-state index is 0.126. The molecule has 0 aliphatic carbocycles. The second-order valence-corrected chi connectivity index (χ2v) is 8.92. The highest BCUT2D eigenvalue weighted by Gasteiger charge is 2.41. The van der Waals surface area contributed by atoms with Crippen molar-refractivity contribution < 1.29 is 14.0 Å². The molecule has 2 saturated heterocycles. The number of likely N-dealkylation sites (tertiary alicyclic amines) is 1. The van der Waals surface area contributed by atoms with Crippen molar-refractivity contribution in [2.75, 3.05) is 23.3 Å². The third-order valence-corrected chi connectivity index (χ3v) is 6.62. The number of aromatic amines is 1. The first-order valence-corrected chi connectivity index (χ1v) is 11.4. The number of H-pyrrole nitrogens is 1. The van der Waals surface area contributed by atoms with E-state index in [0.29, 0.717) is 48.5 Å². The second-order valence-electron chi connectivity index (χ2n) is 8.10. The summed E-state index contributed by atoms with van der Waals surface area (Å²) in [4.78, 5) is 38.5. The lowest BCUT2D eigenvalue weighted by Gasteiger charge is -2.41. The van der Waals surface area contributed by atoms with Crippen LogP contribution < -0.4 is 10.2 Å². The Morgan fingerprint density at radius 1 is 1.06 bits per heavy atom. The molecule has 2 aliphatic heterocycles. The summed E-state index contributed by atoms with van der Waals surface area (Å²) < 4.78 is 13.7. The monoisotopic (exact) mass is 491 g/mol. The summed E-state index contributed by atoms with van der Waals surface area (Å²) in [5.41, 5.74) is 0.997. The van der Waals surface area contributed by atoms with Crippen LogP contribution in [0.1, 0.15) is 25.7 Å². The molecule has 2 N–H and O–H groups in total. The highest BCUT2D eigenvalue weighted by molar-refractivity contribution is 6.35. The highest BCUT2D eigenvalue weighted by Crippen LogP contribution is 2.31. The number of hydrogen-bond acceptors (Lipinski definition) is 6. The number of benzene rings is 1. The first kappa shape index (κ1) is 21.8. The average Bonchev–Trinajstić information content (AvgIpc) is 3.28. The van der Waals surface area contributed by atoms with Gasteiger partial charge in [0.1, 0.15) is 24.2 Å². The fourth-order valence-corrected chi connectivity index (χ4v) is 4.99. The molecule has 5 rings (SSSR count). The van der Waals surface area contributed by atoms with Crippen molar-refractivity contribution in [1.29, 1.82) is 0 Å². The minimum atomic E-state index is -0.704. The Labute approximate surface area is 198 Å². The van der Waals surface area contributed by atoms with Gasteiger partial charge in [-0.25, -0.2) is 14.4 Å². The molecule has 1 aromatic carbocycles. The van der Waals surface area contributed by atoms with Crippen molar-refractivity contribution >= 4 is 57.6 Å². The summed E-state index contributed by atoms with van der Waals surface area (Å²) in [6.45, 7) is 0.986. The number of carbonyl (C=O) groups is 2. The van der Waals surface area contributed by atoms with E-state index in [1.807, 2.05) is 0 Å². The maximum Gasteiger partial charge on any atom is 0.250 e. The van der Waals surface area contributed by atoms with E-state index in [-0.39, 0.29) is 21.9 Å². The summed E-state index contributed by atoms with van der Waals surface area (Å²) >= 11 is 11.8. The largest absolute Gasteiger partial charge is 0.374 e. The zero-order valence-electron chi connectivity index (χ0n) is 17.4. The lowest BCUT2D eigenvalue weighted by Crippen LogP contribution is -2.59. The van der Waals surface area contributed by atoms with E-state index in [0.717, 1.165) is 12.8 Å². The van der Waals surface area contributed by atoms with Gasteiger partial charge in [0.05, 0.1) is 21.6 Å². The topological polar surface area (TPSA) is 107 Å². The Morgan fingerprint density at radius 3 is 2.61 bits per heavy atom. The van der Waals surface area contributed by atoms with Crippen LogP contribution in [0.25, 0.3) is 11.0 Å². The number of fused-ring (bicyclic) bond motifs is 1. The molecule has 0 bridgehead atoms. The highest BCUT2D eigenvalue weighted by atomic mass is 35.5. The maximum atomic E-state index is 13.7. The lowest BCUT2D eigenvalue weighted by molar-refractivity contribution is -0.143. The first-order valence-electron chi connectivity index (χ1n) is 10.6. The van der Waals surface area contributed by atoms with Gasteiger partial charge in [0.15, 0.2) is 11.5 Å². The number of nitrogens with zero attached hydrogens (tertiary/aromatic N) is 5. The van der Waals surface area contributed by atoms with Crippen molar-refractivity contribution in [3.05, 3.63) is 40.5 Å². The molecule has 0 spiro atoms. The number of anilines is 2. The number of aromatic nitrogens is 4. The summed E-state index contributed by atoms with van der Waals surface area (Å²) in [5, 5.41) is 10.3. The molecule has 2 amide bonds. The number of amides is 2. The van der Waals surface area contributed by atoms with Crippen LogP contribution in [0.4, 0.5) is 15.9 Å². The molecule has 172 valence electrons. The quantitative estimate of drug-likeness (QED) is 0.541. The normalized spacial score (nSPS) is 21.7. The lowest BCUT2D eigenvalue weighted by atomic mass is 9.97. The zero-order chi connectivity index (χ0) is 23.1. The van der Waals surface area contributed by atoms with Gasteiger partial charge >= 0.3 is 0 Å². The molecule has 2 aliphatic rings. The Balaban J connectivity index is 1.36. The summed E-state index contributed by atoms with van der Waals surface area (Å²) in [6, 6.07) is 1.63. The SMILES string of the molecule is O=C1[C@H](N2CCCC(Nc3cc(Cl)c(F)c(Cl)c3)C2=O)CCCN1c1ncnc2[nH]ncc12. The molecule has 0 saturated carbocycles. The van der Waals surface area contributed by atoms with Crippen molar-refractivity contribution in [2.45, 2.75) is 37.8 Å². The van der Waals surface area contributed by atoms with Crippen LogP contribution in [0, 0.1) is 5.82 Å². The van der Waals surface area contributed by atoms with E-state index in [4.69, 9.17) is 23.2 Å². The average molecular weight is 492 g/mol. The van der Waals surface area contributed by atoms with E-state index < -0.39 is 17.9 Å². The van der Waals surface area contributed by atoms with Crippen LogP contribution in [0.15, 0.2) is 24.7 Å². The summed E-state index contributed by atoms with van der Waals surface area (Å²) in [6.07, 6.45) is 5.57. The van der Waals surface area contributed by atoms with Crippen molar-refractivity contribution in [2.24, 2.45) is 0 Å². The van der Waals surface area contributed by atoms with Gasteiger partial charge in [-0.05, 0) is 37.8 Å². The Hall–Kier alpha value is -2.98. The predicted molar refractivity (Wildman–Crippen MR) is 122 cm³/mol. The third-order valence-electron chi connectivity index (χ3n) is 6.07. The van der Waals surface area contributed by atoms with Crippen molar-refractivity contribution in [3.8, 4) is 0 Å². The van der Waals surface area contributed by atoms with Gasteiger partial charge in [0.25, 0.3) is 5.91 Å². The summed E-state index contributed by atoms with van der Waals surface area (Å²) in [7, 11) is 0. The Bertz CT molecular complexity index is 1210. The number of rotatable bonds is 4. The van der Waals surface area contributed by atoms with Crippen molar-refractivity contribution in [1.82, 2.24) is 25.1 Å². The molecule has 3 aromatic rings. The van der Waals surface area contributed by atoms with Crippen LogP contribution in [-0.2, 0) is 9.59 Å². The summed E-state index contributed by atoms with van der Waals surface area (Å²) in [5.74, 6) is -0.582. The van der Waals surface area contributed by atoms with E-state index in [2.05, 4.69) is 25.5 Å². The van der Waals surface area contributed by atoms with Gasteiger partial charge in [-0.15, -0.1) is 0 Å². The number of piperidine rings is 2. The zero-order valence-corrected chi connectivity index (χ0v) is 18.9. The Morgan fingerprint density at radius 2 is 1.82 bits per heavy atom. The fraction of sp³-hybridized carbons (Fsp3) is 0.381. The first-order chi connectivity index (χ1) is 15.9. The van der Waals surface area contributed by atoms with Gasteiger partial charge in [-0.2, -0.15) is 5.10 Å². The standard InChI is InChI=1S/C21H20Cl2FN7O2/c22-13-7-11(8-14(23)17(13)24)28-15-3-1-5-30(20(15)32)16-4-2-6-31(21(16)33)19-12-9-27-29-18(12)25-10-26-19/h7-10,15-16,28H,1-6H2,(H,25,26,27,29)/t15?,16-/m1/s1.